The maximum Gasteiger partial charge on any atom is 0.191 e. The van der Waals surface area contributed by atoms with Crippen LogP contribution in [0.2, 0.25) is 0 Å². The van der Waals surface area contributed by atoms with E-state index in [0.717, 1.165) is 28.1 Å². The average molecular weight is 324 g/mol. The van der Waals surface area contributed by atoms with Gasteiger partial charge in [0.2, 0.25) is 0 Å². The lowest BCUT2D eigenvalue weighted by Crippen LogP contribution is -2.36. The minimum Gasteiger partial charge on any atom is -0.357 e. The molecular weight excluding hydrogens is 306 g/mol. The molecule has 0 aliphatic carbocycles. The van der Waals surface area contributed by atoms with Crippen LogP contribution in [0.4, 0.5) is 8.78 Å². The Morgan fingerprint density at radius 2 is 2.14 bits per heavy atom. The Hall–Kier alpha value is -2.02. The van der Waals surface area contributed by atoms with Crippen molar-refractivity contribution < 1.29 is 8.78 Å². The van der Waals surface area contributed by atoms with Crippen molar-refractivity contribution in [2.24, 2.45) is 4.99 Å². The van der Waals surface area contributed by atoms with E-state index in [4.69, 9.17) is 0 Å². The largest absolute Gasteiger partial charge is 0.357 e. The van der Waals surface area contributed by atoms with Gasteiger partial charge in [0.15, 0.2) is 5.96 Å². The van der Waals surface area contributed by atoms with Crippen molar-refractivity contribution in [3.8, 4) is 0 Å². The third kappa shape index (κ3) is 4.77. The van der Waals surface area contributed by atoms with Gasteiger partial charge in [-0.05, 0) is 32.0 Å². The molecule has 0 amide bonds. The molecule has 4 nitrogen and oxygen atoms in total. The average Bonchev–Trinajstić information content (AvgIpc) is 2.91. The van der Waals surface area contributed by atoms with E-state index in [1.165, 1.54) is 0 Å². The van der Waals surface area contributed by atoms with Crippen LogP contribution in [0.5, 0.6) is 0 Å². The molecule has 0 atom stereocenters. The molecule has 0 aliphatic rings. The van der Waals surface area contributed by atoms with Crippen LogP contribution in [-0.4, -0.2) is 17.5 Å². The predicted molar refractivity (Wildman–Crippen MR) is 84.9 cm³/mol. The second kappa shape index (κ2) is 7.84. The Bertz CT molecular complexity index is 655. The highest BCUT2D eigenvalue weighted by Gasteiger charge is 2.05. The Labute approximate surface area is 132 Å². The molecule has 0 saturated carbocycles. The molecule has 0 unspecified atom stereocenters. The van der Waals surface area contributed by atoms with Gasteiger partial charge in [-0.1, -0.05) is 0 Å². The van der Waals surface area contributed by atoms with Crippen molar-refractivity contribution in [2.45, 2.75) is 26.9 Å². The molecule has 2 aromatic rings. The smallest absolute Gasteiger partial charge is 0.191 e. The summed E-state index contributed by atoms with van der Waals surface area (Å²) < 4.78 is 26.7. The number of rotatable bonds is 5. The first-order valence-corrected chi connectivity index (χ1v) is 7.77. The highest BCUT2D eigenvalue weighted by molar-refractivity contribution is 7.11. The number of benzene rings is 1. The molecule has 0 saturated heterocycles. The van der Waals surface area contributed by atoms with Gasteiger partial charge in [-0.2, -0.15) is 0 Å². The number of halogens is 2. The van der Waals surface area contributed by atoms with Crippen LogP contribution >= 0.6 is 11.3 Å². The SMILES string of the molecule is CCNC(=NCc1cc(F)ccc1F)NCc1cnc(C)s1. The van der Waals surface area contributed by atoms with Crippen molar-refractivity contribution in [3.05, 3.63) is 51.5 Å². The van der Waals surface area contributed by atoms with E-state index in [9.17, 15) is 8.78 Å². The maximum absolute atomic E-state index is 13.6. The topological polar surface area (TPSA) is 49.3 Å². The van der Waals surface area contributed by atoms with Crippen molar-refractivity contribution in [2.75, 3.05) is 6.54 Å². The summed E-state index contributed by atoms with van der Waals surface area (Å²) in [5, 5.41) is 7.22. The van der Waals surface area contributed by atoms with Gasteiger partial charge in [-0.15, -0.1) is 11.3 Å². The van der Waals surface area contributed by atoms with Crippen LogP contribution in [0.15, 0.2) is 29.4 Å². The normalized spacial score (nSPS) is 11.5. The van der Waals surface area contributed by atoms with Crippen LogP contribution in [-0.2, 0) is 13.1 Å². The molecule has 0 bridgehead atoms. The highest BCUT2D eigenvalue weighted by Crippen LogP contribution is 2.12. The van der Waals surface area contributed by atoms with Gasteiger partial charge in [-0.25, -0.2) is 18.8 Å². The van der Waals surface area contributed by atoms with Crippen LogP contribution < -0.4 is 10.6 Å². The lowest BCUT2D eigenvalue weighted by Gasteiger charge is -2.10. The van der Waals surface area contributed by atoms with Gasteiger partial charge in [-0.3, -0.25) is 0 Å². The first kappa shape index (κ1) is 16.4. The summed E-state index contributed by atoms with van der Waals surface area (Å²) in [7, 11) is 0. The molecule has 0 radical (unpaired) electrons. The Kier molecular flexibility index (Phi) is 5.83. The Morgan fingerprint density at radius 3 is 2.82 bits per heavy atom. The van der Waals surface area contributed by atoms with Gasteiger partial charge in [0.25, 0.3) is 0 Å². The second-order valence-corrected chi connectivity index (χ2v) is 5.95. The molecule has 22 heavy (non-hydrogen) atoms. The third-order valence-corrected chi connectivity index (χ3v) is 3.77. The van der Waals surface area contributed by atoms with E-state index in [1.807, 2.05) is 20.0 Å². The third-order valence-electron chi connectivity index (χ3n) is 2.86. The number of hydrogen-bond donors (Lipinski definition) is 2. The molecule has 0 fully saturated rings. The summed E-state index contributed by atoms with van der Waals surface area (Å²) in [5.41, 5.74) is 0.228. The van der Waals surface area contributed by atoms with Gasteiger partial charge < -0.3 is 10.6 Å². The zero-order chi connectivity index (χ0) is 15.9. The number of hydrogen-bond acceptors (Lipinski definition) is 3. The molecule has 7 heteroatoms. The van der Waals surface area contributed by atoms with Crippen LogP contribution in [0.25, 0.3) is 0 Å². The molecule has 118 valence electrons. The van der Waals surface area contributed by atoms with Crippen LogP contribution in [0.1, 0.15) is 22.4 Å². The van der Waals surface area contributed by atoms with Crippen molar-refractivity contribution in [3.63, 3.8) is 0 Å². The van der Waals surface area contributed by atoms with Crippen molar-refractivity contribution in [1.29, 1.82) is 0 Å². The second-order valence-electron chi connectivity index (χ2n) is 4.63. The van der Waals surface area contributed by atoms with Gasteiger partial charge in [0.05, 0.1) is 18.1 Å². The molecule has 2 N–H and O–H groups in total. The number of guanidine groups is 1. The zero-order valence-corrected chi connectivity index (χ0v) is 13.3. The number of aliphatic imine (C=N–C) groups is 1. The van der Waals surface area contributed by atoms with Gasteiger partial charge in [0.1, 0.15) is 11.6 Å². The molecule has 0 aliphatic heterocycles. The summed E-state index contributed by atoms with van der Waals surface area (Å²) in [6.07, 6.45) is 1.81. The molecule has 1 aromatic heterocycles. The lowest BCUT2D eigenvalue weighted by molar-refractivity contribution is 0.585. The number of nitrogens with zero attached hydrogens (tertiary/aromatic N) is 2. The fraction of sp³-hybridized carbons (Fsp3) is 0.333. The van der Waals surface area contributed by atoms with Gasteiger partial charge >= 0.3 is 0 Å². The minimum absolute atomic E-state index is 0.0701. The first-order chi connectivity index (χ1) is 10.6. The number of nitrogens with one attached hydrogen (secondary N) is 2. The molecule has 1 aromatic carbocycles. The predicted octanol–water partition coefficient (Wildman–Crippen LogP) is 2.99. The quantitative estimate of drug-likeness (QED) is 0.657. The lowest BCUT2D eigenvalue weighted by atomic mass is 10.2. The fourth-order valence-electron chi connectivity index (χ4n) is 1.83. The number of aromatic nitrogens is 1. The Morgan fingerprint density at radius 1 is 1.32 bits per heavy atom. The summed E-state index contributed by atoms with van der Waals surface area (Å²) in [4.78, 5) is 9.55. The van der Waals surface area contributed by atoms with E-state index < -0.39 is 11.6 Å². The summed E-state index contributed by atoms with van der Waals surface area (Å²) in [6.45, 7) is 5.22. The molecule has 2 rings (SSSR count). The summed E-state index contributed by atoms with van der Waals surface area (Å²) in [5.74, 6) is -0.374. The maximum atomic E-state index is 13.6. The Balaban J connectivity index is 2.01. The van der Waals surface area contributed by atoms with E-state index in [1.54, 1.807) is 11.3 Å². The fourth-order valence-corrected chi connectivity index (χ4v) is 2.56. The zero-order valence-electron chi connectivity index (χ0n) is 12.5. The van der Waals surface area contributed by atoms with Gasteiger partial charge in [0, 0.05) is 23.2 Å². The molecule has 1 heterocycles. The number of aryl methyl sites for hydroxylation is 1. The van der Waals surface area contributed by atoms with Crippen LogP contribution in [0, 0.1) is 18.6 Å². The first-order valence-electron chi connectivity index (χ1n) is 6.96. The minimum atomic E-state index is -0.468. The van der Waals surface area contributed by atoms with Crippen molar-refractivity contribution >= 4 is 17.3 Å². The van der Waals surface area contributed by atoms with Crippen LogP contribution in [0.3, 0.4) is 0 Å². The van der Waals surface area contributed by atoms with E-state index in [2.05, 4.69) is 20.6 Å². The summed E-state index contributed by atoms with van der Waals surface area (Å²) >= 11 is 1.60. The van der Waals surface area contributed by atoms with E-state index in [0.29, 0.717) is 19.0 Å². The monoisotopic (exact) mass is 324 g/mol. The summed E-state index contributed by atoms with van der Waals surface area (Å²) in [6, 6.07) is 3.37. The highest BCUT2D eigenvalue weighted by atomic mass is 32.1. The standard InChI is InChI=1S/C15H18F2N4S/c1-3-18-15(21-9-13-8-19-10(2)22-13)20-7-11-6-12(16)4-5-14(11)17/h4-6,8H,3,7,9H2,1-2H3,(H2,18,20,21). The number of thiazole rings is 1. The van der Waals surface area contributed by atoms with E-state index >= 15 is 0 Å². The van der Waals surface area contributed by atoms with E-state index in [-0.39, 0.29) is 12.1 Å². The van der Waals surface area contributed by atoms with Crippen molar-refractivity contribution in [1.82, 2.24) is 15.6 Å². The molecule has 0 spiro atoms. The molecular formula is C15H18F2N4S.